The van der Waals surface area contributed by atoms with Gasteiger partial charge in [-0.05, 0) is 20.2 Å². The monoisotopic (exact) mass is 140 g/mol. The Bertz CT molecular complexity index is 52.4. The van der Waals surface area contributed by atoms with Gasteiger partial charge in [-0.25, -0.2) is 8.78 Å². The van der Waals surface area contributed by atoms with Gasteiger partial charge in [0, 0.05) is 0 Å². The standard InChI is InChI=1S/C5H11F2P/c1-3-8(4-2)5(6)7/h5H,3-4H2,1-2H3. The van der Waals surface area contributed by atoms with Crippen LogP contribution in [0.1, 0.15) is 13.8 Å². The normalized spacial score (nSPS) is 11.2. The molecule has 50 valence electrons. The number of hydrogen-bond donors (Lipinski definition) is 0. The van der Waals surface area contributed by atoms with Gasteiger partial charge in [0.1, 0.15) is 0 Å². The predicted molar refractivity (Wildman–Crippen MR) is 34.0 cm³/mol. The molecule has 0 spiro atoms. The lowest BCUT2D eigenvalue weighted by atomic mass is 11.0. The average Bonchev–Trinajstić information content (AvgIpc) is 1.69. The zero-order valence-electron chi connectivity index (χ0n) is 5.19. The third-order valence-corrected chi connectivity index (χ3v) is 3.27. The van der Waals surface area contributed by atoms with Crippen molar-refractivity contribution in [2.45, 2.75) is 20.0 Å². The minimum atomic E-state index is -2.06. The van der Waals surface area contributed by atoms with E-state index in [1.807, 2.05) is 13.8 Å². The topological polar surface area (TPSA) is 0 Å². The van der Waals surface area contributed by atoms with Crippen LogP contribution in [0.5, 0.6) is 0 Å². The van der Waals surface area contributed by atoms with Crippen LogP contribution >= 0.6 is 7.92 Å². The van der Waals surface area contributed by atoms with Crippen LogP contribution in [-0.2, 0) is 0 Å². The number of rotatable bonds is 3. The maximum absolute atomic E-state index is 11.7. The summed E-state index contributed by atoms with van der Waals surface area (Å²) in [6.45, 7) is 3.64. The highest BCUT2D eigenvalue weighted by Gasteiger charge is 2.13. The Balaban J connectivity index is 3.35. The van der Waals surface area contributed by atoms with E-state index in [4.69, 9.17) is 0 Å². The smallest absolute Gasteiger partial charge is 0.206 e. The Morgan fingerprint density at radius 3 is 1.62 bits per heavy atom. The summed E-state index contributed by atoms with van der Waals surface area (Å²) < 4.78 is 23.5. The average molecular weight is 140 g/mol. The molecule has 0 amide bonds. The molecular formula is C5H11F2P. The van der Waals surface area contributed by atoms with Gasteiger partial charge < -0.3 is 0 Å². The van der Waals surface area contributed by atoms with Gasteiger partial charge in [-0.3, -0.25) is 0 Å². The zero-order chi connectivity index (χ0) is 6.57. The van der Waals surface area contributed by atoms with Gasteiger partial charge in [-0.15, -0.1) is 0 Å². The van der Waals surface area contributed by atoms with Crippen molar-refractivity contribution in [2.75, 3.05) is 12.3 Å². The van der Waals surface area contributed by atoms with Crippen molar-refractivity contribution >= 4 is 7.92 Å². The molecule has 0 aliphatic rings. The molecule has 0 nitrogen and oxygen atoms in total. The van der Waals surface area contributed by atoms with Crippen molar-refractivity contribution in [3.63, 3.8) is 0 Å². The second-order valence-corrected chi connectivity index (χ2v) is 4.33. The summed E-state index contributed by atoms with van der Waals surface area (Å²) in [6, 6.07) is 0. The maximum Gasteiger partial charge on any atom is 0.255 e. The van der Waals surface area contributed by atoms with Gasteiger partial charge in [-0.1, -0.05) is 13.8 Å². The first kappa shape index (κ1) is 8.29. The fraction of sp³-hybridized carbons (Fsp3) is 1.00. The lowest BCUT2D eigenvalue weighted by Crippen LogP contribution is -1.92. The van der Waals surface area contributed by atoms with Crippen molar-refractivity contribution < 1.29 is 8.78 Å². The summed E-state index contributed by atoms with van der Waals surface area (Å²) in [6.07, 6.45) is -0.743. The molecule has 8 heavy (non-hydrogen) atoms. The number of halogens is 2. The van der Waals surface area contributed by atoms with Crippen LogP contribution in [0.4, 0.5) is 8.78 Å². The van der Waals surface area contributed by atoms with Gasteiger partial charge in [0.15, 0.2) is 0 Å². The molecule has 0 radical (unpaired) electrons. The Morgan fingerprint density at radius 2 is 1.62 bits per heavy atom. The summed E-state index contributed by atoms with van der Waals surface area (Å²) in [4.78, 5) is 0. The fourth-order valence-corrected chi connectivity index (χ4v) is 1.50. The Hall–Kier alpha value is 0.290. The van der Waals surface area contributed by atoms with E-state index < -0.39 is 14.1 Å². The molecule has 0 saturated heterocycles. The molecule has 0 aliphatic heterocycles. The van der Waals surface area contributed by atoms with E-state index in [1.54, 1.807) is 0 Å². The van der Waals surface area contributed by atoms with E-state index in [1.165, 1.54) is 0 Å². The minimum Gasteiger partial charge on any atom is -0.206 e. The second-order valence-electron chi connectivity index (χ2n) is 1.50. The van der Waals surface area contributed by atoms with E-state index in [-0.39, 0.29) is 0 Å². The lowest BCUT2D eigenvalue weighted by molar-refractivity contribution is 0.244. The minimum absolute atomic E-state index is 0.656. The number of hydrogen-bond acceptors (Lipinski definition) is 0. The van der Waals surface area contributed by atoms with E-state index in [0.717, 1.165) is 0 Å². The molecule has 3 heteroatoms. The summed E-state index contributed by atoms with van der Waals surface area (Å²) >= 11 is 0. The molecule has 0 rings (SSSR count). The Labute approximate surface area is 50.0 Å². The first-order chi connectivity index (χ1) is 3.72. The first-order valence-corrected chi connectivity index (χ1v) is 4.52. The Kier molecular flexibility index (Phi) is 4.35. The highest BCUT2D eigenvalue weighted by atomic mass is 31.1. The zero-order valence-corrected chi connectivity index (χ0v) is 6.09. The van der Waals surface area contributed by atoms with Crippen LogP contribution in [0, 0.1) is 0 Å². The molecule has 0 aromatic carbocycles. The lowest BCUT2D eigenvalue weighted by Gasteiger charge is -2.09. The van der Waals surface area contributed by atoms with Crippen molar-refractivity contribution in [3.8, 4) is 0 Å². The van der Waals surface area contributed by atoms with Gasteiger partial charge in [0.05, 0.1) is 0 Å². The second kappa shape index (κ2) is 4.20. The van der Waals surface area contributed by atoms with Crippen LogP contribution in [0.2, 0.25) is 0 Å². The third kappa shape index (κ3) is 2.56. The van der Waals surface area contributed by atoms with Crippen LogP contribution in [0.15, 0.2) is 0 Å². The fourth-order valence-electron chi connectivity index (χ4n) is 0.500. The van der Waals surface area contributed by atoms with Crippen LogP contribution in [0.25, 0.3) is 0 Å². The van der Waals surface area contributed by atoms with Crippen molar-refractivity contribution in [1.29, 1.82) is 0 Å². The SMILES string of the molecule is CCP(CC)C(F)F. The van der Waals surface area contributed by atoms with Crippen LogP contribution in [-0.4, -0.2) is 18.5 Å². The highest BCUT2D eigenvalue weighted by Crippen LogP contribution is 2.41. The Morgan fingerprint density at radius 1 is 1.25 bits per heavy atom. The molecule has 0 heterocycles. The summed E-state index contributed by atoms with van der Waals surface area (Å²) in [5, 5.41) is 0. The summed E-state index contributed by atoms with van der Waals surface area (Å²) in [5.74, 6) is 0. The van der Waals surface area contributed by atoms with Crippen molar-refractivity contribution in [1.82, 2.24) is 0 Å². The van der Waals surface area contributed by atoms with Crippen LogP contribution in [0.3, 0.4) is 0 Å². The van der Waals surface area contributed by atoms with E-state index in [2.05, 4.69) is 0 Å². The third-order valence-electron chi connectivity index (χ3n) is 1.09. The quantitative estimate of drug-likeness (QED) is 0.528. The highest BCUT2D eigenvalue weighted by molar-refractivity contribution is 7.57. The van der Waals surface area contributed by atoms with Gasteiger partial charge in [0.25, 0.3) is 6.17 Å². The molecule has 0 aromatic rings. The molecule has 0 unspecified atom stereocenters. The first-order valence-electron chi connectivity index (χ1n) is 2.74. The van der Waals surface area contributed by atoms with Crippen LogP contribution < -0.4 is 0 Å². The molecule has 0 aliphatic carbocycles. The molecule has 0 N–H and O–H groups in total. The van der Waals surface area contributed by atoms with E-state index in [9.17, 15) is 8.78 Å². The maximum atomic E-state index is 11.7. The van der Waals surface area contributed by atoms with Crippen molar-refractivity contribution in [2.24, 2.45) is 0 Å². The number of alkyl halides is 2. The van der Waals surface area contributed by atoms with Gasteiger partial charge in [-0.2, -0.15) is 0 Å². The van der Waals surface area contributed by atoms with E-state index >= 15 is 0 Å². The molecule has 0 fully saturated rings. The molecule has 0 aromatic heterocycles. The molecular weight excluding hydrogens is 129 g/mol. The summed E-state index contributed by atoms with van der Waals surface area (Å²) in [7, 11) is -0.949. The molecule has 0 saturated carbocycles. The molecule has 0 bridgehead atoms. The largest absolute Gasteiger partial charge is 0.255 e. The van der Waals surface area contributed by atoms with Gasteiger partial charge in [0.2, 0.25) is 0 Å². The van der Waals surface area contributed by atoms with Gasteiger partial charge >= 0.3 is 0 Å². The molecule has 0 atom stereocenters. The summed E-state index contributed by atoms with van der Waals surface area (Å²) in [5.41, 5.74) is 0. The van der Waals surface area contributed by atoms with E-state index in [0.29, 0.717) is 12.3 Å². The predicted octanol–water partition coefficient (Wildman–Crippen LogP) is 2.73. The van der Waals surface area contributed by atoms with Crippen molar-refractivity contribution in [3.05, 3.63) is 0 Å².